The van der Waals surface area contributed by atoms with Crippen molar-refractivity contribution in [3.63, 3.8) is 0 Å². The van der Waals surface area contributed by atoms with E-state index in [0.29, 0.717) is 23.1 Å². The van der Waals surface area contributed by atoms with Crippen molar-refractivity contribution >= 4 is 38.7 Å². The van der Waals surface area contributed by atoms with E-state index in [4.69, 9.17) is 0 Å². The van der Waals surface area contributed by atoms with E-state index in [1.165, 1.54) is 16.8 Å². The molecule has 0 bridgehead atoms. The number of rotatable bonds is 7. The summed E-state index contributed by atoms with van der Waals surface area (Å²) in [7, 11) is 0. The number of aryl methyl sites for hydroxylation is 1. The molecule has 0 atom stereocenters. The highest BCUT2D eigenvalue weighted by Crippen LogP contribution is 2.18. The minimum absolute atomic E-state index is 0.0247. The fraction of sp³-hybridized carbons (Fsp3) is 0.174. The third kappa shape index (κ3) is 4.38. The summed E-state index contributed by atoms with van der Waals surface area (Å²) < 4.78 is 4.00. The predicted octanol–water partition coefficient (Wildman–Crippen LogP) is 5.08. The fourth-order valence-corrected chi connectivity index (χ4v) is 3.76. The molecule has 0 aliphatic rings. The van der Waals surface area contributed by atoms with Gasteiger partial charge in [-0.25, -0.2) is 4.98 Å². The Balaban J connectivity index is 1.76. The zero-order valence-corrected chi connectivity index (χ0v) is 18.9. The molecule has 2 heterocycles. The number of halogens is 1. The van der Waals surface area contributed by atoms with Crippen LogP contribution in [0, 0.1) is 10.1 Å². The number of nitrogens with zero attached hydrogens (tertiary/aromatic N) is 5. The van der Waals surface area contributed by atoms with Gasteiger partial charge in [-0.15, -0.1) is 0 Å². The summed E-state index contributed by atoms with van der Waals surface area (Å²) in [5.74, 6) is 0.608. The van der Waals surface area contributed by atoms with E-state index in [9.17, 15) is 14.9 Å². The molecule has 0 radical (unpaired) electrons. The van der Waals surface area contributed by atoms with E-state index in [1.807, 2.05) is 35.0 Å². The Morgan fingerprint density at radius 2 is 1.97 bits per heavy atom. The van der Waals surface area contributed by atoms with Crippen LogP contribution in [0.3, 0.4) is 0 Å². The Labute approximate surface area is 192 Å². The van der Waals surface area contributed by atoms with E-state index < -0.39 is 4.92 Å². The maximum atomic E-state index is 13.2. The number of fused-ring (bicyclic) bond motifs is 1. The normalized spacial score (nSPS) is 11.4. The first-order valence-corrected chi connectivity index (χ1v) is 10.9. The number of benzene rings is 2. The van der Waals surface area contributed by atoms with Crippen LogP contribution in [0.1, 0.15) is 31.3 Å². The Morgan fingerprint density at radius 3 is 2.69 bits per heavy atom. The highest BCUT2D eigenvalue weighted by atomic mass is 79.9. The fourth-order valence-electron chi connectivity index (χ4n) is 3.40. The van der Waals surface area contributed by atoms with Crippen LogP contribution >= 0.6 is 15.9 Å². The van der Waals surface area contributed by atoms with Crippen LogP contribution in [0.2, 0.25) is 0 Å². The molecule has 32 heavy (non-hydrogen) atoms. The van der Waals surface area contributed by atoms with Gasteiger partial charge in [0.1, 0.15) is 5.82 Å². The molecule has 162 valence electrons. The molecule has 2 aromatic carbocycles. The minimum atomic E-state index is -0.433. The first-order valence-electron chi connectivity index (χ1n) is 10.2. The molecule has 0 saturated heterocycles. The van der Waals surface area contributed by atoms with Crippen molar-refractivity contribution in [1.29, 1.82) is 0 Å². The Kier molecular flexibility index (Phi) is 6.27. The van der Waals surface area contributed by atoms with Gasteiger partial charge in [-0.2, -0.15) is 9.78 Å². The topological polar surface area (TPSA) is 95.3 Å². The van der Waals surface area contributed by atoms with Crippen molar-refractivity contribution in [2.75, 3.05) is 0 Å². The second-order valence-electron chi connectivity index (χ2n) is 7.23. The lowest BCUT2D eigenvalue weighted by atomic mass is 10.2. The van der Waals surface area contributed by atoms with Gasteiger partial charge in [0.05, 0.1) is 27.7 Å². The molecular weight excluding hydrogens is 474 g/mol. The number of unbranched alkanes of at least 4 members (excludes halogenated alkanes) is 1. The molecule has 4 aromatic rings. The number of hydrogen-bond donors (Lipinski definition) is 0. The highest BCUT2D eigenvalue weighted by Gasteiger charge is 2.12. The van der Waals surface area contributed by atoms with Gasteiger partial charge in [0, 0.05) is 34.9 Å². The molecule has 0 aliphatic heterocycles. The largest absolute Gasteiger partial charge is 0.316 e. The molecule has 0 amide bonds. The van der Waals surface area contributed by atoms with E-state index >= 15 is 0 Å². The monoisotopic (exact) mass is 493 g/mol. The number of nitro groups is 1. The molecule has 0 unspecified atom stereocenters. The maximum absolute atomic E-state index is 13.2. The second kappa shape index (κ2) is 9.27. The minimum Gasteiger partial charge on any atom is -0.316 e. The smallest absolute Gasteiger partial charge is 0.282 e. The molecular formula is C23H20BrN5O3. The van der Waals surface area contributed by atoms with Crippen LogP contribution < -0.4 is 5.56 Å². The highest BCUT2D eigenvalue weighted by molar-refractivity contribution is 9.10. The summed E-state index contributed by atoms with van der Waals surface area (Å²) in [4.78, 5) is 28.4. The van der Waals surface area contributed by atoms with E-state index in [1.54, 1.807) is 24.4 Å². The molecule has 0 spiro atoms. The third-order valence-electron chi connectivity index (χ3n) is 5.05. The number of non-ortho nitro benzene ring substituents is 1. The van der Waals surface area contributed by atoms with Crippen molar-refractivity contribution in [3.8, 4) is 5.69 Å². The molecule has 0 aliphatic carbocycles. The first kappa shape index (κ1) is 21.6. The van der Waals surface area contributed by atoms with Crippen LogP contribution in [0.15, 0.2) is 75.2 Å². The summed E-state index contributed by atoms with van der Waals surface area (Å²) >= 11 is 3.41. The van der Waals surface area contributed by atoms with E-state index in [0.717, 1.165) is 28.7 Å². The average Bonchev–Trinajstić information content (AvgIpc) is 3.26. The van der Waals surface area contributed by atoms with Crippen molar-refractivity contribution in [1.82, 2.24) is 14.2 Å². The Hall–Kier alpha value is -3.59. The van der Waals surface area contributed by atoms with Gasteiger partial charge in [0.2, 0.25) is 0 Å². The molecule has 0 saturated carbocycles. The van der Waals surface area contributed by atoms with Crippen LogP contribution in [-0.4, -0.2) is 25.4 Å². The van der Waals surface area contributed by atoms with Gasteiger partial charge in [0.15, 0.2) is 0 Å². The van der Waals surface area contributed by atoms with Crippen LogP contribution in [0.5, 0.6) is 0 Å². The second-order valence-corrected chi connectivity index (χ2v) is 8.15. The predicted molar refractivity (Wildman–Crippen MR) is 128 cm³/mol. The van der Waals surface area contributed by atoms with Gasteiger partial charge in [0.25, 0.3) is 11.2 Å². The van der Waals surface area contributed by atoms with Gasteiger partial charge in [-0.3, -0.25) is 14.9 Å². The SMILES string of the molecule is CCCCc1nc2ccc(Br)cc2c(=O)n1N=Cc1cccn1-c1ccc([N+](=O)[O-])cc1. The quantitative estimate of drug-likeness (QED) is 0.203. The average molecular weight is 494 g/mol. The molecule has 8 nitrogen and oxygen atoms in total. The molecule has 0 N–H and O–H groups in total. The maximum Gasteiger partial charge on any atom is 0.282 e. The first-order chi connectivity index (χ1) is 15.5. The van der Waals surface area contributed by atoms with E-state index in [2.05, 4.69) is 32.9 Å². The lowest BCUT2D eigenvalue weighted by molar-refractivity contribution is -0.384. The summed E-state index contributed by atoms with van der Waals surface area (Å²) in [5.41, 5.74) is 1.91. The van der Waals surface area contributed by atoms with Crippen molar-refractivity contribution in [3.05, 3.63) is 97.3 Å². The summed E-state index contributed by atoms with van der Waals surface area (Å²) in [6.45, 7) is 2.08. The van der Waals surface area contributed by atoms with Crippen molar-refractivity contribution in [2.24, 2.45) is 5.10 Å². The van der Waals surface area contributed by atoms with Crippen LogP contribution in [0.4, 0.5) is 5.69 Å². The number of nitro benzene ring substituents is 1. The van der Waals surface area contributed by atoms with Gasteiger partial charge in [-0.1, -0.05) is 29.3 Å². The zero-order valence-electron chi connectivity index (χ0n) is 17.3. The lowest BCUT2D eigenvalue weighted by Gasteiger charge is -2.10. The standard InChI is InChI=1S/C23H20BrN5O3/c1-2-3-6-22-26-21-12-7-16(24)14-20(21)23(30)28(22)25-15-19-5-4-13-27(19)17-8-10-18(11-9-17)29(31)32/h4-5,7-15H,2-3,6H2,1H3. The van der Waals surface area contributed by atoms with Gasteiger partial charge in [-0.05, 0) is 48.9 Å². The summed E-state index contributed by atoms with van der Waals surface area (Å²) in [5, 5.41) is 15.9. The van der Waals surface area contributed by atoms with Gasteiger partial charge >= 0.3 is 0 Å². The summed E-state index contributed by atoms with van der Waals surface area (Å²) in [6.07, 6.45) is 5.94. The summed E-state index contributed by atoms with van der Waals surface area (Å²) in [6, 6.07) is 15.4. The molecule has 2 aromatic heterocycles. The number of aromatic nitrogens is 3. The Morgan fingerprint density at radius 1 is 1.19 bits per heavy atom. The molecule has 0 fully saturated rings. The van der Waals surface area contributed by atoms with Gasteiger partial charge < -0.3 is 4.57 Å². The lowest BCUT2D eigenvalue weighted by Crippen LogP contribution is -2.22. The van der Waals surface area contributed by atoms with Crippen molar-refractivity contribution in [2.45, 2.75) is 26.2 Å². The zero-order chi connectivity index (χ0) is 22.7. The Bertz CT molecular complexity index is 1370. The molecule has 9 heteroatoms. The van der Waals surface area contributed by atoms with E-state index in [-0.39, 0.29) is 11.2 Å². The van der Waals surface area contributed by atoms with Crippen LogP contribution in [-0.2, 0) is 6.42 Å². The molecule has 4 rings (SSSR count). The third-order valence-corrected chi connectivity index (χ3v) is 5.55. The van der Waals surface area contributed by atoms with Crippen LogP contribution in [0.25, 0.3) is 16.6 Å². The number of hydrogen-bond acceptors (Lipinski definition) is 5. The van der Waals surface area contributed by atoms with Crippen molar-refractivity contribution < 1.29 is 4.92 Å².